The van der Waals surface area contributed by atoms with Crippen molar-refractivity contribution in [3.8, 4) is 0 Å². The van der Waals surface area contributed by atoms with Gasteiger partial charge in [-0.25, -0.2) is 12.6 Å². The van der Waals surface area contributed by atoms with Gasteiger partial charge in [0.2, 0.25) is 10.4 Å². The Morgan fingerprint density at radius 2 is 1.51 bits per heavy atom. The van der Waals surface area contributed by atoms with Crippen molar-refractivity contribution in [2.45, 2.75) is 68.3 Å². The van der Waals surface area contributed by atoms with E-state index >= 15 is 0 Å². The zero-order chi connectivity index (χ0) is 27.6. The van der Waals surface area contributed by atoms with Gasteiger partial charge in [0, 0.05) is 7.11 Å². The predicted octanol–water partition coefficient (Wildman–Crippen LogP) is -15.9. The summed E-state index contributed by atoms with van der Waals surface area (Å²) in [6, 6.07) is -1.95. The molecule has 0 aromatic heterocycles. The zero-order valence-corrected chi connectivity index (χ0v) is 28.9. The van der Waals surface area contributed by atoms with E-state index in [0.717, 1.165) is 14.0 Å². The number of hydrogen-bond acceptors (Lipinski definition) is 18. The van der Waals surface area contributed by atoms with E-state index in [9.17, 15) is 51.7 Å². The molecule has 0 aliphatic carbocycles. The Hall–Kier alpha value is 1.40. The fraction of sp³-hybridized carbons (Fsp3) is 0.867. The third-order valence-electron chi connectivity index (χ3n) is 4.89. The first-order valence-electron chi connectivity index (χ1n) is 9.67. The van der Waals surface area contributed by atoms with Gasteiger partial charge in [0.25, 0.3) is 0 Å². The number of aliphatic imine (C=N–C) groups is 1. The first-order valence-corrected chi connectivity index (χ1v) is 12.4. The largest absolute Gasteiger partial charge is 1.00 e. The van der Waals surface area contributed by atoms with E-state index in [1.165, 1.54) is 0 Å². The number of aliphatic hydroxyl groups is 3. The van der Waals surface area contributed by atoms with Gasteiger partial charge in [0.15, 0.2) is 18.7 Å². The second-order valence-corrected chi connectivity index (χ2v) is 9.44. The normalized spacial score (nSPS) is 35.6. The number of methoxy groups -OCH3 is 1. The molecule has 2 aliphatic rings. The Kier molecular flexibility index (Phi) is 19.2. The summed E-state index contributed by atoms with van der Waals surface area (Å²) in [5.41, 5.74) is 0. The Bertz CT molecular complexity index is 1030. The molecular formula is C15H22NNa3O18S2. The molecule has 2 rings (SSSR count). The summed E-state index contributed by atoms with van der Waals surface area (Å²) in [6.45, 7) is -0.235. The van der Waals surface area contributed by atoms with Gasteiger partial charge in [-0.15, -0.1) is 0 Å². The molecule has 39 heavy (non-hydrogen) atoms. The molecule has 2 heterocycles. The molecule has 0 amide bonds. The molecule has 0 unspecified atom stereocenters. The Morgan fingerprint density at radius 3 is 1.92 bits per heavy atom. The van der Waals surface area contributed by atoms with Gasteiger partial charge in [0.1, 0.15) is 42.7 Å². The van der Waals surface area contributed by atoms with E-state index in [1.54, 1.807) is 0 Å². The summed E-state index contributed by atoms with van der Waals surface area (Å²) >= 11 is 0. The van der Waals surface area contributed by atoms with Crippen molar-refractivity contribution in [3.05, 3.63) is 0 Å². The SMILES string of the molecule is CO[C@@H]1O[C@@H](C(=O)[O-])[C@@H](O[C@@H]2O[C@H](CO)[C@H](OS(=O)(=O)[O-])[C@H](O)[C@H]2N=C(C)[O-])[C@H](O)[C@H]1OS(=O)(=O)O.[Na+].[Na+].[Na+]. The van der Waals surface area contributed by atoms with Crippen LogP contribution in [0.15, 0.2) is 4.99 Å². The average Bonchev–Trinajstić information content (AvgIpc) is 2.73. The van der Waals surface area contributed by atoms with Crippen molar-refractivity contribution in [3.63, 3.8) is 0 Å². The Morgan fingerprint density at radius 1 is 0.949 bits per heavy atom. The van der Waals surface area contributed by atoms with Crippen LogP contribution in [0.2, 0.25) is 0 Å². The second-order valence-electron chi connectivity index (χ2n) is 7.38. The molecule has 2 fully saturated rings. The number of aliphatic carboxylic acids is 1. The van der Waals surface area contributed by atoms with Crippen LogP contribution in [0.25, 0.3) is 0 Å². The van der Waals surface area contributed by atoms with Crippen LogP contribution in [0.3, 0.4) is 0 Å². The zero-order valence-electron chi connectivity index (χ0n) is 21.2. The maximum atomic E-state index is 11.6. The van der Waals surface area contributed by atoms with E-state index in [-0.39, 0.29) is 88.7 Å². The summed E-state index contributed by atoms with van der Waals surface area (Å²) in [5, 5.41) is 53.9. The van der Waals surface area contributed by atoms with E-state index in [2.05, 4.69) is 13.4 Å². The summed E-state index contributed by atoms with van der Waals surface area (Å²) in [6.07, 6.45) is -19.0. The van der Waals surface area contributed by atoms with Gasteiger partial charge in [0.05, 0.1) is 12.6 Å². The number of carboxylic acids is 1. The first kappa shape index (κ1) is 42.5. The number of nitrogens with zero attached hydrogens (tertiary/aromatic N) is 1. The van der Waals surface area contributed by atoms with Crippen LogP contribution in [0.1, 0.15) is 6.92 Å². The van der Waals surface area contributed by atoms with E-state index in [0.29, 0.717) is 0 Å². The predicted molar refractivity (Wildman–Crippen MR) is 101 cm³/mol. The van der Waals surface area contributed by atoms with Crippen molar-refractivity contribution in [2.75, 3.05) is 13.7 Å². The molecule has 0 radical (unpaired) electrons. The third kappa shape index (κ3) is 12.1. The molecule has 2 saturated heterocycles. The molecule has 0 saturated carbocycles. The molecule has 0 spiro atoms. The molecule has 24 heteroatoms. The molecule has 19 nitrogen and oxygen atoms in total. The minimum atomic E-state index is -5.48. The maximum absolute atomic E-state index is 11.6. The van der Waals surface area contributed by atoms with Crippen LogP contribution in [-0.4, -0.2) is 128 Å². The smallest absolute Gasteiger partial charge is 0.862 e. The standard InChI is InChI=1S/C15H25NO18S2.3Na/c1-4(18)16-6-7(19)9(33-35(23,24)25)5(3-17)30-14(6)31-10-8(20)11(34-36(26,27)28)15(29-2)32-12(10)13(21)22;;;/h5-12,14-15,17,19-20H,3H2,1-2H3,(H,16,18)(H,21,22)(H,23,24,25)(H,26,27,28);;;/q;3*+1/p-3/t5-,6-,7-,8+,9+,10+,11-,12-,14+,15-;;;/m1.../s1. The number of carbonyl (C=O) groups excluding carboxylic acids is 1. The van der Waals surface area contributed by atoms with Gasteiger partial charge < -0.3 is 53.8 Å². The fourth-order valence-electron chi connectivity index (χ4n) is 3.52. The van der Waals surface area contributed by atoms with Gasteiger partial charge in [-0.1, -0.05) is 0 Å². The third-order valence-corrected chi connectivity index (χ3v) is 5.81. The number of ether oxygens (including phenoxy) is 4. The van der Waals surface area contributed by atoms with E-state index in [4.69, 9.17) is 23.5 Å². The average molecular weight is 637 g/mol. The van der Waals surface area contributed by atoms with Crippen molar-refractivity contribution in [1.29, 1.82) is 0 Å². The Balaban J connectivity index is 0. The summed E-state index contributed by atoms with van der Waals surface area (Å²) in [7, 11) is -9.85. The van der Waals surface area contributed by atoms with Crippen molar-refractivity contribution in [1.82, 2.24) is 0 Å². The molecule has 210 valence electrons. The number of rotatable bonds is 10. The van der Waals surface area contributed by atoms with Crippen molar-refractivity contribution in [2.24, 2.45) is 4.99 Å². The number of carbonyl (C=O) groups is 1. The van der Waals surface area contributed by atoms with Crippen molar-refractivity contribution < 1.29 is 172 Å². The molecule has 0 bridgehead atoms. The molecule has 4 N–H and O–H groups in total. The molecule has 2 aliphatic heterocycles. The summed E-state index contributed by atoms with van der Waals surface area (Å²) in [5.74, 6) is -3.05. The van der Waals surface area contributed by atoms with Crippen LogP contribution in [0.5, 0.6) is 0 Å². The van der Waals surface area contributed by atoms with Gasteiger partial charge in [-0.2, -0.15) is 8.42 Å². The molecular weight excluding hydrogens is 615 g/mol. The van der Waals surface area contributed by atoms with Crippen LogP contribution in [0, 0.1) is 0 Å². The molecule has 0 aromatic rings. The second kappa shape index (κ2) is 17.6. The fourth-order valence-corrected chi connectivity index (χ4v) is 4.52. The summed E-state index contributed by atoms with van der Waals surface area (Å²) < 4.78 is 93.1. The maximum Gasteiger partial charge on any atom is 1.00 e. The van der Waals surface area contributed by atoms with Gasteiger partial charge in [-0.3, -0.25) is 13.7 Å². The van der Waals surface area contributed by atoms with Crippen LogP contribution in [-0.2, 0) is 52.9 Å². The van der Waals surface area contributed by atoms with Crippen LogP contribution < -0.4 is 98.9 Å². The summed E-state index contributed by atoms with van der Waals surface area (Å²) in [4.78, 5) is 15.1. The monoisotopic (exact) mass is 637 g/mol. The van der Waals surface area contributed by atoms with Gasteiger partial charge >= 0.3 is 99.1 Å². The minimum Gasteiger partial charge on any atom is -0.862 e. The van der Waals surface area contributed by atoms with E-state index in [1.807, 2.05) is 0 Å². The van der Waals surface area contributed by atoms with Crippen LogP contribution >= 0.6 is 0 Å². The minimum absolute atomic E-state index is 0. The number of carboxylic acid groups (broad SMARTS) is 1. The first-order chi connectivity index (χ1) is 16.5. The van der Waals surface area contributed by atoms with E-state index < -0.39 is 101 Å². The van der Waals surface area contributed by atoms with Gasteiger partial charge in [-0.05, 0) is 12.8 Å². The number of aliphatic hydroxyl groups excluding tert-OH is 3. The number of hydrogen-bond donors (Lipinski definition) is 4. The molecule has 10 atom stereocenters. The molecule has 0 aromatic carbocycles. The van der Waals surface area contributed by atoms with Crippen molar-refractivity contribution >= 4 is 32.7 Å². The quantitative estimate of drug-likeness (QED) is 0.0568. The van der Waals surface area contributed by atoms with Crippen LogP contribution in [0.4, 0.5) is 0 Å². The topological polar surface area (TPSA) is 303 Å². The Labute approximate surface area is 288 Å².